The van der Waals surface area contributed by atoms with Gasteiger partial charge in [0.15, 0.2) is 8.68 Å². The van der Waals surface area contributed by atoms with E-state index in [-0.39, 0.29) is 11.3 Å². The van der Waals surface area contributed by atoms with Gasteiger partial charge in [0.05, 0.1) is 9.82 Å². The number of carbonyl (C=O) groups excluding carboxylic acids is 1. The number of rotatable bonds is 5. The van der Waals surface area contributed by atoms with Crippen LogP contribution in [0.5, 0.6) is 0 Å². The molecule has 0 radical (unpaired) electrons. The van der Waals surface area contributed by atoms with Gasteiger partial charge in [-0.25, -0.2) is 0 Å². The van der Waals surface area contributed by atoms with E-state index >= 15 is 0 Å². The fourth-order valence-electron chi connectivity index (χ4n) is 1.31. The van der Waals surface area contributed by atoms with Gasteiger partial charge < -0.3 is 5.73 Å². The van der Waals surface area contributed by atoms with E-state index < -0.39 is 10.8 Å². The van der Waals surface area contributed by atoms with Crippen molar-refractivity contribution in [3.63, 3.8) is 0 Å². The van der Waals surface area contributed by atoms with Crippen molar-refractivity contribution in [2.24, 2.45) is 5.73 Å². The lowest BCUT2D eigenvalue weighted by Gasteiger charge is -2.01. The highest BCUT2D eigenvalue weighted by molar-refractivity contribution is 8.03. The van der Waals surface area contributed by atoms with Crippen LogP contribution in [0.2, 0.25) is 0 Å². The minimum absolute atomic E-state index is 0.100. The maximum Gasteiger partial charge on any atom is 0.284 e. The molecule has 1 amide bonds. The van der Waals surface area contributed by atoms with Gasteiger partial charge in [-0.05, 0) is 18.4 Å². The maximum absolute atomic E-state index is 11.1. The minimum atomic E-state index is -0.703. The number of aromatic nitrogens is 2. The van der Waals surface area contributed by atoms with Gasteiger partial charge in [-0.3, -0.25) is 14.9 Å². The first kappa shape index (κ1) is 14.8. The predicted octanol–water partition coefficient (Wildman–Crippen LogP) is 2.42. The Hall–Kier alpha value is -1.65. The van der Waals surface area contributed by atoms with Crippen molar-refractivity contribution >= 4 is 46.5 Å². The summed E-state index contributed by atoms with van der Waals surface area (Å²) < 4.78 is 1.38. The molecule has 0 unspecified atom stereocenters. The molecule has 0 aliphatic carbocycles. The molecule has 0 spiro atoms. The lowest BCUT2D eigenvalue weighted by Crippen LogP contribution is -2.11. The SMILES string of the molecule is CSc1nnc(Sc2ccc(C(N)=O)cc2[N+](=O)[O-])s1. The number of amides is 1. The molecular weight excluding hydrogens is 320 g/mol. The van der Waals surface area contributed by atoms with Crippen LogP contribution in [0, 0.1) is 10.1 Å². The summed E-state index contributed by atoms with van der Waals surface area (Å²) in [6, 6.07) is 4.11. The largest absolute Gasteiger partial charge is 0.366 e. The van der Waals surface area contributed by atoms with E-state index in [1.807, 2.05) is 6.26 Å². The Morgan fingerprint density at radius 1 is 1.40 bits per heavy atom. The van der Waals surface area contributed by atoms with Crippen LogP contribution in [0.4, 0.5) is 5.69 Å². The van der Waals surface area contributed by atoms with E-state index in [0.29, 0.717) is 9.24 Å². The van der Waals surface area contributed by atoms with Gasteiger partial charge >= 0.3 is 0 Å². The normalized spacial score (nSPS) is 10.4. The molecular formula is C10H8N4O3S3. The average Bonchev–Trinajstić information content (AvgIpc) is 2.86. The number of carbonyl (C=O) groups is 1. The standard InChI is InChI=1S/C10H8N4O3S3/c1-18-9-12-13-10(20-9)19-7-3-2-5(8(11)15)4-6(7)14(16)17/h2-4H,1H3,(H2,11,15). The molecule has 2 aromatic rings. The molecule has 0 atom stereocenters. The fraction of sp³-hybridized carbons (Fsp3) is 0.100. The molecule has 0 fully saturated rings. The smallest absolute Gasteiger partial charge is 0.284 e. The van der Waals surface area contributed by atoms with Crippen LogP contribution in [0.1, 0.15) is 10.4 Å². The van der Waals surface area contributed by atoms with Crippen LogP contribution in [-0.4, -0.2) is 27.3 Å². The number of primary amides is 1. The van der Waals surface area contributed by atoms with Gasteiger partial charge in [0.1, 0.15) is 0 Å². The Morgan fingerprint density at radius 2 is 2.10 bits per heavy atom. The molecule has 0 aliphatic heterocycles. The Kier molecular flexibility index (Phi) is 4.57. The number of benzene rings is 1. The Bertz CT molecular complexity index is 674. The van der Waals surface area contributed by atoms with Crippen LogP contribution >= 0.6 is 34.9 Å². The van der Waals surface area contributed by atoms with Crippen LogP contribution in [0.15, 0.2) is 31.8 Å². The number of nitrogens with two attached hydrogens (primary N) is 1. The topological polar surface area (TPSA) is 112 Å². The molecule has 104 valence electrons. The van der Waals surface area contributed by atoms with Crippen molar-refractivity contribution in [2.75, 3.05) is 6.26 Å². The third-order valence-corrected chi connectivity index (χ3v) is 5.21. The first-order valence-corrected chi connectivity index (χ1v) is 8.00. The molecule has 1 heterocycles. The van der Waals surface area contributed by atoms with Gasteiger partial charge in [0.25, 0.3) is 5.69 Å². The molecule has 20 heavy (non-hydrogen) atoms. The van der Waals surface area contributed by atoms with Crippen molar-refractivity contribution in [1.82, 2.24) is 10.2 Å². The first-order chi connectivity index (χ1) is 9.51. The van der Waals surface area contributed by atoms with Crippen molar-refractivity contribution in [2.45, 2.75) is 13.6 Å². The third kappa shape index (κ3) is 3.26. The van der Waals surface area contributed by atoms with Crippen molar-refractivity contribution in [1.29, 1.82) is 0 Å². The number of nitro groups is 1. The van der Waals surface area contributed by atoms with E-state index in [2.05, 4.69) is 10.2 Å². The molecule has 2 N–H and O–H groups in total. The van der Waals surface area contributed by atoms with Gasteiger partial charge in [-0.1, -0.05) is 34.9 Å². The molecule has 0 saturated carbocycles. The van der Waals surface area contributed by atoms with Crippen molar-refractivity contribution < 1.29 is 9.72 Å². The quantitative estimate of drug-likeness (QED) is 0.509. The lowest BCUT2D eigenvalue weighted by atomic mass is 10.2. The summed E-state index contributed by atoms with van der Waals surface area (Å²) in [4.78, 5) is 22.0. The number of hydrogen-bond acceptors (Lipinski definition) is 8. The Morgan fingerprint density at radius 3 is 2.65 bits per heavy atom. The van der Waals surface area contributed by atoms with Gasteiger partial charge in [-0.2, -0.15) is 0 Å². The highest BCUT2D eigenvalue weighted by atomic mass is 32.2. The van der Waals surface area contributed by atoms with E-state index in [9.17, 15) is 14.9 Å². The molecule has 0 bridgehead atoms. The summed E-state index contributed by atoms with van der Waals surface area (Å²) in [5, 5.41) is 18.9. The van der Waals surface area contributed by atoms with Crippen LogP contribution in [0.3, 0.4) is 0 Å². The van der Waals surface area contributed by atoms with Gasteiger partial charge in [-0.15, -0.1) is 10.2 Å². The summed E-state index contributed by atoms with van der Waals surface area (Å²) >= 11 is 3.94. The first-order valence-electron chi connectivity index (χ1n) is 5.15. The second-order valence-electron chi connectivity index (χ2n) is 3.44. The van der Waals surface area contributed by atoms with Crippen molar-refractivity contribution in [3.8, 4) is 0 Å². The van der Waals surface area contributed by atoms with Crippen LogP contribution in [0.25, 0.3) is 0 Å². The van der Waals surface area contributed by atoms with Crippen LogP contribution in [-0.2, 0) is 0 Å². The number of hydrogen-bond donors (Lipinski definition) is 1. The Labute approximate surface area is 126 Å². The number of thioether (sulfide) groups is 1. The molecule has 7 nitrogen and oxygen atoms in total. The second-order valence-corrected chi connectivity index (χ2v) is 6.76. The molecule has 2 rings (SSSR count). The maximum atomic E-state index is 11.1. The summed E-state index contributed by atoms with van der Waals surface area (Å²) in [6.45, 7) is 0. The van der Waals surface area contributed by atoms with E-state index in [0.717, 1.165) is 16.1 Å². The van der Waals surface area contributed by atoms with E-state index in [1.165, 1.54) is 41.3 Å². The zero-order valence-electron chi connectivity index (χ0n) is 10.1. The summed E-state index contributed by atoms with van der Waals surface area (Å²) in [6.07, 6.45) is 1.87. The second kappa shape index (κ2) is 6.20. The van der Waals surface area contributed by atoms with Gasteiger partial charge in [0.2, 0.25) is 5.91 Å². The zero-order valence-corrected chi connectivity index (χ0v) is 12.6. The molecule has 0 saturated heterocycles. The monoisotopic (exact) mass is 328 g/mol. The number of nitrogens with zero attached hydrogens (tertiary/aromatic N) is 3. The summed E-state index contributed by atoms with van der Waals surface area (Å²) in [7, 11) is 0. The molecule has 0 aliphatic rings. The zero-order chi connectivity index (χ0) is 14.7. The lowest BCUT2D eigenvalue weighted by molar-refractivity contribution is -0.387. The van der Waals surface area contributed by atoms with Crippen LogP contribution < -0.4 is 5.73 Å². The summed E-state index contributed by atoms with van der Waals surface area (Å²) in [5.41, 5.74) is 5.04. The third-order valence-electron chi connectivity index (χ3n) is 2.20. The fourth-order valence-corrected chi connectivity index (χ4v) is 3.79. The van der Waals surface area contributed by atoms with Crippen molar-refractivity contribution in [3.05, 3.63) is 33.9 Å². The number of nitro benzene ring substituents is 1. The molecule has 1 aromatic heterocycles. The molecule has 1 aromatic carbocycles. The van der Waals surface area contributed by atoms with E-state index in [4.69, 9.17) is 5.73 Å². The highest BCUT2D eigenvalue weighted by Gasteiger charge is 2.19. The predicted molar refractivity (Wildman–Crippen MR) is 77.4 cm³/mol. The minimum Gasteiger partial charge on any atom is -0.366 e. The average molecular weight is 328 g/mol. The molecule has 10 heteroatoms. The van der Waals surface area contributed by atoms with Gasteiger partial charge in [0, 0.05) is 11.6 Å². The highest BCUT2D eigenvalue weighted by Crippen LogP contribution is 2.37. The van der Waals surface area contributed by atoms with E-state index in [1.54, 1.807) is 0 Å². The Balaban J connectivity index is 2.35. The summed E-state index contributed by atoms with van der Waals surface area (Å²) in [5.74, 6) is -0.703.